The van der Waals surface area contributed by atoms with E-state index in [1.807, 2.05) is 39.0 Å². The van der Waals surface area contributed by atoms with Crippen LogP contribution >= 0.6 is 0 Å². The van der Waals surface area contributed by atoms with E-state index in [0.29, 0.717) is 37.5 Å². The SMILES string of the molecule is COc1ccc(CN(C2CC2)[C@H](CCNC(=O)OC(C)(C)C)C(=O)N2CCC[C@H]3CCCC[C@@H]32)c(OC)c1. The fourth-order valence-electron chi connectivity index (χ4n) is 6.23. The summed E-state index contributed by atoms with van der Waals surface area (Å²) in [5.41, 5.74) is 0.473. The molecule has 0 aromatic heterocycles. The Morgan fingerprint density at radius 1 is 1.05 bits per heavy atom. The van der Waals surface area contributed by atoms with E-state index in [1.165, 1.54) is 25.7 Å². The van der Waals surface area contributed by atoms with Crippen molar-refractivity contribution < 1.29 is 23.8 Å². The summed E-state index contributed by atoms with van der Waals surface area (Å²) in [5, 5.41) is 2.90. The Labute approximate surface area is 228 Å². The Morgan fingerprint density at radius 3 is 2.47 bits per heavy atom. The van der Waals surface area contributed by atoms with Gasteiger partial charge in [0.2, 0.25) is 5.91 Å². The first kappa shape index (κ1) is 28.5. The first-order valence-electron chi connectivity index (χ1n) is 14.4. The summed E-state index contributed by atoms with van der Waals surface area (Å²) in [6.45, 7) is 7.39. The number of nitrogens with one attached hydrogen (secondary N) is 1. The van der Waals surface area contributed by atoms with Crippen molar-refractivity contribution in [1.82, 2.24) is 15.1 Å². The van der Waals surface area contributed by atoms with Crippen molar-refractivity contribution in [2.75, 3.05) is 27.3 Å². The second kappa shape index (κ2) is 12.6. The van der Waals surface area contributed by atoms with Crippen LogP contribution in [0.25, 0.3) is 0 Å². The van der Waals surface area contributed by atoms with Gasteiger partial charge in [0, 0.05) is 43.3 Å². The molecule has 4 rings (SSSR count). The molecular weight excluding hydrogens is 482 g/mol. The molecule has 2 amide bonds. The fraction of sp³-hybridized carbons (Fsp3) is 0.733. The van der Waals surface area contributed by atoms with Crippen molar-refractivity contribution in [2.24, 2.45) is 5.92 Å². The molecule has 3 atom stereocenters. The minimum absolute atomic E-state index is 0.215. The number of carbonyl (C=O) groups is 2. The molecule has 2 aliphatic carbocycles. The third kappa shape index (κ3) is 7.33. The maximum atomic E-state index is 14.4. The highest BCUT2D eigenvalue weighted by atomic mass is 16.6. The molecule has 2 saturated carbocycles. The second-order valence-electron chi connectivity index (χ2n) is 12.1. The van der Waals surface area contributed by atoms with Crippen LogP contribution in [0.2, 0.25) is 0 Å². The molecule has 0 bridgehead atoms. The van der Waals surface area contributed by atoms with Gasteiger partial charge in [-0.15, -0.1) is 0 Å². The Morgan fingerprint density at radius 2 is 1.79 bits per heavy atom. The zero-order valence-electron chi connectivity index (χ0n) is 24.0. The zero-order valence-corrected chi connectivity index (χ0v) is 24.0. The number of nitrogens with zero attached hydrogens (tertiary/aromatic N) is 2. The van der Waals surface area contributed by atoms with Crippen LogP contribution in [0.3, 0.4) is 0 Å². The summed E-state index contributed by atoms with van der Waals surface area (Å²) >= 11 is 0. The quantitative estimate of drug-likeness (QED) is 0.453. The molecule has 1 aromatic carbocycles. The van der Waals surface area contributed by atoms with Gasteiger partial charge in [-0.3, -0.25) is 9.69 Å². The van der Waals surface area contributed by atoms with Gasteiger partial charge in [0.1, 0.15) is 17.1 Å². The summed E-state index contributed by atoms with van der Waals surface area (Å²) in [6, 6.07) is 6.27. The Hall–Kier alpha value is -2.48. The van der Waals surface area contributed by atoms with Crippen LogP contribution in [0, 0.1) is 5.92 Å². The van der Waals surface area contributed by atoms with E-state index in [0.717, 1.165) is 49.3 Å². The van der Waals surface area contributed by atoms with Crippen LogP contribution in [-0.2, 0) is 16.1 Å². The van der Waals surface area contributed by atoms with Gasteiger partial charge < -0.3 is 24.4 Å². The number of fused-ring (bicyclic) bond motifs is 1. The number of rotatable bonds is 10. The number of alkyl carbamates (subject to hydrolysis) is 1. The minimum Gasteiger partial charge on any atom is -0.497 e. The molecule has 1 heterocycles. The molecule has 0 spiro atoms. The number of hydrogen-bond acceptors (Lipinski definition) is 6. The topological polar surface area (TPSA) is 80.3 Å². The number of benzene rings is 1. The van der Waals surface area contributed by atoms with Gasteiger partial charge in [-0.2, -0.15) is 0 Å². The predicted octanol–water partition coefficient (Wildman–Crippen LogP) is 5.13. The largest absolute Gasteiger partial charge is 0.497 e. The van der Waals surface area contributed by atoms with Crippen molar-refractivity contribution in [3.05, 3.63) is 23.8 Å². The van der Waals surface area contributed by atoms with Crippen molar-refractivity contribution in [1.29, 1.82) is 0 Å². The number of ether oxygens (including phenoxy) is 3. The number of piperidine rings is 1. The molecule has 1 aromatic rings. The van der Waals surface area contributed by atoms with Crippen molar-refractivity contribution in [3.8, 4) is 11.5 Å². The van der Waals surface area contributed by atoms with Gasteiger partial charge in [-0.25, -0.2) is 4.79 Å². The second-order valence-corrected chi connectivity index (χ2v) is 12.1. The van der Waals surface area contributed by atoms with E-state index in [9.17, 15) is 9.59 Å². The number of amides is 2. The third-order valence-corrected chi connectivity index (χ3v) is 8.16. The molecule has 1 aliphatic heterocycles. The van der Waals surface area contributed by atoms with Crippen molar-refractivity contribution in [2.45, 2.75) is 109 Å². The van der Waals surface area contributed by atoms with E-state index in [-0.39, 0.29) is 11.9 Å². The smallest absolute Gasteiger partial charge is 0.407 e. The summed E-state index contributed by atoms with van der Waals surface area (Å²) in [5.74, 6) is 2.35. The van der Waals surface area contributed by atoms with E-state index in [1.54, 1.807) is 14.2 Å². The van der Waals surface area contributed by atoms with Crippen LogP contribution in [0.5, 0.6) is 11.5 Å². The van der Waals surface area contributed by atoms with Gasteiger partial charge in [0.15, 0.2) is 0 Å². The van der Waals surface area contributed by atoms with Gasteiger partial charge >= 0.3 is 6.09 Å². The average molecular weight is 530 g/mol. The molecule has 38 heavy (non-hydrogen) atoms. The number of hydrogen-bond donors (Lipinski definition) is 1. The first-order valence-corrected chi connectivity index (χ1v) is 14.4. The Balaban J connectivity index is 1.56. The number of carbonyl (C=O) groups excluding carboxylic acids is 2. The normalized spacial score (nSPS) is 22.4. The van der Waals surface area contributed by atoms with Crippen LogP contribution in [-0.4, -0.2) is 72.8 Å². The molecule has 8 heteroatoms. The highest BCUT2D eigenvalue weighted by molar-refractivity contribution is 5.82. The van der Waals surface area contributed by atoms with Crippen LogP contribution in [0.15, 0.2) is 18.2 Å². The van der Waals surface area contributed by atoms with Gasteiger partial charge in [-0.1, -0.05) is 18.9 Å². The number of methoxy groups -OCH3 is 2. The van der Waals surface area contributed by atoms with Crippen LogP contribution in [0.4, 0.5) is 4.79 Å². The lowest BCUT2D eigenvalue weighted by Gasteiger charge is -2.46. The van der Waals surface area contributed by atoms with E-state index in [4.69, 9.17) is 14.2 Å². The summed E-state index contributed by atoms with van der Waals surface area (Å²) < 4.78 is 16.5. The average Bonchev–Trinajstić information content (AvgIpc) is 3.74. The molecule has 1 N–H and O–H groups in total. The van der Waals surface area contributed by atoms with Gasteiger partial charge in [-0.05, 0) is 77.7 Å². The molecule has 0 radical (unpaired) electrons. The Kier molecular flexibility index (Phi) is 9.45. The molecule has 8 nitrogen and oxygen atoms in total. The van der Waals surface area contributed by atoms with Crippen LogP contribution in [0.1, 0.15) is 84.1 Å². The molecular formula is C30H47N3O5. The summed E-state index contributed by atoms with van der Waals surface area (Å²) in [7, 11) is 3.32. The minimum atomic E-state index is -0.561. The lowest BCUT2D eigenvalue weighted by Crippen LogP contribution is -2.57. The molecule has 3 aliphatic rings. The fourth-order valence-corrected chi connectivity index (χ4v) is 6.23. The molecule has 0 unspecified atom stereocenters. The summed E-state index contributed by atoms with van der Waals surface area (Å²) in [6.07, 6.45) is 9.37. The first-order chi connectivity index (χ1) is 18.2. The highest BCUT2D eigenvalue weighted by Crippen LogP contribution is 2.38. The van der Waals surface area contributed by atoms with Crippen molar-refractivity contribution >= 4 is 12.0 Å². The Bertz CT molecular complexity index is 956. The third-order valence-electron chi connectivity index (χ3n) is 8.16. The zero-order chi connectivity index (χ0) is 27.3. The maximum Gasteiger partial charge on any atom is 0.407 e. The summed E-state index contributed by atoms with van der Waals surface area (Å²) in [4.78, 5) is 31.3. The van der Waals surface area contributed by atoms with E-state index in [2.05, 4.69) is 15.1 Å². The number of likely N-dealkylation sites (tertiary alicyclic amines) is 1. The van der Waals surface area contributed by atoms with Crippen molar-refractivity contribution in [3.63, 3.8) is 0 Å². The van der Waals surface area contributed by atoms with Crippen LogP contribution < -0.4 is 14.8 Å². The predicted molar refractivity (Wildman–Crippen MR) is 147 cm³/mol. The lowest BCUT2D eigenvalue weighted by atomic mass is 9.78. The molecule has 3 fully saturated rings. The van der Waals surface area contributed by atoms with Gasteiger partial charge in [0.25, 0.3) is 0 Å². The maximum absolute atomic E-state index is 14.4. The standard InChI is InChI=1S/C30H47N3O5/c1-30(2,3)38-29(35)31-17-16-26(28(34)32-18-8-10-21-9-6-7-11-25(21)32)33(23-13-14-23)20-22-12-15-24(36-4)19-27(22)37-5/h12,15,19,21,23,25-26H,6-11,13-14,16-18,20H2,1-5H3,(H,31,35)/t21-,25+,26-/m1/s1. The molecule has 212 valence electrons. The monoisotopic (exact) mass is 529 g/mol. The highest BCUT2D eigenvalue weighted by Gasteiger charge is 2.43. The van der Waals surface area contributed by atoms with E-state index < -0.39 is 11.7 Å². The van der Waals surface area contributed by atoms with E-state index >= 15 is 0 Å². The van der Waals surface area contributed by atoms with Gasteiger partial charge in [0.05, 0.1) is 20.3 Å². The lowest BCUT2D eigenvalue weighted by molar-refractivity contribution is -0.144. The molecule has 1 saturated heterocycles.